The van der Waals surface area contributed by atoms with Gasteiger partial charge in [-0.15, -0.1) is 0 Å². The Morgan fingerprint density at radius 2 is 0.585 bits per heavy atom. The highest BCUT2D eigenvalue weighted by molar-refractivity contribution is 5.76. The number of carbonyl (C=O) groups excluding carboxylic acids is 1. The van der Waals surface area contributed by atoms with Crippen molar-refractivity contribution in [2.45, 2.75) is 353 Å². The molecule has 0 aromatic rings. The molecule has 0 fully saturated rings. The maximum Gasteiger partial charge on any atom is 0.220 e. The molecule has 0 radical (unpaired) electrons. The lowest BCUT2D eigenvalue weighted by Gasteiger charge is -2.20. The maximum atomic E-state index is 12.4. The summed E-state index contributed by atoms with van der Waals surface area (Å²) >= 11 is 0. The van der Waals surface area contributed by atoms with Crippen molar-refractivity contribution < 1.29 is 15.0 Å². The molecular weight excluding hydrogens is 795 g/mol. The molecule has 2 atom stereocenters. The lowest BCUT2D eigenvalue weighted by atomic mass is 10.0. The van der Waals surface area contributed by atoms with Gasteiger partial charge in [-0.1, -0.05) is 314 Å². The standard InChI is InChI=1S/C61H119NO3/c1-3-5-7-9-11-13-15-17-18-19-20-21-22-23-24-25-26-27-28-29-30-31-32-33-34-35-36-37-38-39-40-41-42-43-44-45-47-49-51-53-55-57-61(65)62-59(58-63)60(64)56-54-52-50-48-46-16-14-12-10-8-6-4-2/h19-20,54,56,59-60,63-64H,3-18,21-53,55,57-58H2,1-2H3,(H,62,65)/b20-19-,56-54+. The molecule has 65 heavy (non-hydrogen) atoms. The summed E-state index contributed by atoms with van der Waals surface area (Å²) in [6.45, 7) is 4.32. The molecule has 0 saturated carbocycles. The highest BCUT2D eigenvalue weighted by atomic mass is 16.3. The number of hydrogen-bond donors (Lipinski definition) is 3. The molecule has 0 saturated heterocycles. The average Bonchev–Trinajstić information content (AvgIpc) is 3.31. The molecule has 0 aliphatic heterocycles. The van der Waals surface area contributed by atoms with Crippen LogP contribution in [0.5, 0.6) is 0 Å². The van der Waals surface area contributed by atoms with Crippen LogP contribution in [0.4, 0.5) is 0 Å². The first-order valence-electron chi connectivity index (χ1n) is 30.1. The van der Waals surface area contributed by atoms with Gasteiger partial charge < -0.3 is 15.5 Å². The van der Waals surface area contributed by atoms with E-state index in [1.807, 2.05) is 6.08 Å². The Morgan fingerprint density at radius 3 is 0.846 bits per heavy atom. The van der Waals surface area contributed by atoms with Crippen LogP contribution in [0.1, 0.15) is 341 Å². The van der Waals surface area contributed by atoms with Gasteiger partial charge in [0.2, 0.25) is 5.91 Å². The first-order valence-corrected chi connectivity index (χ1v) is 30.1. The molecule has 0 bridgehead atoms. The Balaban J connectivity index is 3.33. The topological polar surface area (TPSA) is 69.6 Å². The highest BCUT2D eigenvalue weighted by Gasteiger charge is 2.18. The van der Waals surface area contributed by atoms with Crippen molar-refractivity contribution >= 4 is 5.91 Å². The molecule has 3 N–H and O–H groups in total. The van der Waals surface area contributed by atoms with E-state index in [1.165, 1.54) is 295 Å². The summed E-state index contributed by atoms with van der Waals surface area (Å²) in [5, 5.41) is 23.1. The molecular formula is C61H119NO3. The van der Waals surface area contributed by atoms with Crippen molar-refractivity contribution in [3.63, 3.8) is 0 Å². The van der Waals surface area contributed by atoms with Crippen molar-refractivity contribution in [2.24, 2.45) is 0 Å². The number of allylic oxidation sites excluding steroid dienone is 3. The minimum atomic E-state index is -0.835. The lowest BCUT2D eigenvalue weighted by Crippen LogP contribution is -2.45. The molecule has 0 spiro atoms. The van der Waals surface area contributed by atoms with Crippen LogP contribution in [0.25, 0.3) is 0 Å². The summed E-state index contributed by atoms with van der Waals surface area (Å²) in [6.07, 6.45) is 76.7. The molecule has 0 aromatic heterocycles. The van der Waals surface area contributed by atoms with Crippen LogP contribution in [0.3, 0.4) is 0 Å². The molecule has 0 aliphatic carbocycles. The van der Waals surface area contributed by atoms with Gasteiger partial charge in [-0.3, -0.25) is 4.79 Å². The third kappa shape index (κ3) is 53.7. The van der Waals surface area contributed by atoms with Crippen molar-refractivity contribution in [2.75, 3.05) is 6.61 Å². The molecule has 4 nitrogen and oxygen atoms in total. The zero-order valence-electron chi connectivity index (χ0n) is 44.5. The Hall–Kier alpha value is -1.13. The second-order valence-corrected chi connectivity index (χ2v) is 20.8. The molecule has 0 aromatic carbocycles. The number of amides is 1. The quantitative estimate of drug-likeness (QED) is 0.0421. The predicted octanol–water partition coefficient (Wildman–Crippen LogP) is 19.9. The van der Waals surface area contributed by atoms with Gasteiger partial charge in [0.15, 0.2) is 0 Å². The molecule has 0 heterocycles. The van der Waals surface area contributed by atoms with Crippen molar-refractivity contribution in [3.8, 4) is 0 Å². The summed E-state index contributed by atoms with van der Waals surface area (Å²) in [5.41, 5.74) is 0. The van der Waals surface area contributed by atoms with E-state index in [9.17, 15) is 15.0 Å². The molecule has 4 heteroatoms. The number of aliphatic hydroxyl groups excluding tert-OH is 2. The van der Waals surface area contributed by atoms with Crippen LogP contribution < -0.4 is 5.32 Å². The minimum absolute atomic E-state index is 0.0583. The Labute approximate surface area is 409 Å². The molecule has 0 rings (SSSR count). The van der Waals surface area contributed by atoms with Crippen LogP contribution in [0, 0.1) is 0 Å². The summed E-state index contributed by atoms with van der Waals surface area (Å²) in [7, 11) is 0. The average molecular weight is 915 g/mol. The minimum Gasteiger partial charge on any atom is -0.394 e. The number of rotatable bonds is 56. The Morgan fingerprint density at radius 1 is 0.354 bits per heavy atom. The van der Waals surface area contributed by atoms with E-state index in [0.717, 1.165) is 25.7 Å². The third-order valence-corrected chi connectivity index (χ3v) is 14.2. The fourth-order valence-electron chi connectivity index (χ4n) is 9.59. The molecule has 2 unspecified atom stereocenters. The van der Waals surface area contributed by atoms with Gasteiger partial charge in [0.25, 0.3) is 0 Å². The second kappa shape index (κ2) is 57.2. The van der Waals surface area contributed by atoms with E-state index in [4.69, 9.17) is 0 Å². The van der Waals surface area contributed by atoms with Gasteiger partial charge >= 0.3 is 0 Å². The molecule has 1 amide bonds. The highest BCUT2D eigenvalue weighted by Crippen LogP contribution is 2.18. The van der Waals surface area contributed by atoms with Gasteiger partial charge in [0.1, 0.15) is 0 Å². The van der Waals surface area contributed by atoms with E-state index in [-0.39, 0.29) is 12.5 Å². The van der Waals surface area contributed by atoms with Gasteiger partial charge in [-0.05, 0) is 44.9 Å². The summed E-state index contributed by atoms with van der Waals surface area (Å²) in [5.74, 6) is -0.0583. The van der Waals surface area contributed by atoms with Crippen LogP contribution in [0.15, 0.2) is 24.3 Å². The SMILES string of the molecule is CCCCCCCCCC/C=C\CCCCCCCCCCCCCCCCCCCCCCCCCCCCCCCC(=O)NC(CO)C(O)/C=C/CCCCCCCCCCCC. The largest absolute Gasteiger partial charge is 0.394 e. The molecule has 0 aliphatic rings. The van der Waals surface area contributed by atoms with Gasteiger partial charge in [0, 0.05) is 6.42 Å². The predicted molar refractivity (Wildman–Crippen MR) is 290 cm³/mol. The summed E-state index contributed by atoms with van der Waals surface area (Å²) in [6, 6.07) is -0.617. The van der Waals surface area contributed by atoms with E-state index in [2.05, 4.69) is 31.3 Å². The maximum absolute atomic E-state index is 12.4. The van der Waals surface area contributed by atoms with Gasteiger partial charge in [-0.2, -0.15) is 0 Å². The van der Waals surface area contributed by atoms with E-state index in [1.54, 1.807) is 6.08 Å². The second-order valence-electron chi connectivity index (χ2n) is 20.8. The van der Waals surface area contributed by atoms with Crippen LogP contribution in [-0.2, 0) is 4.79 Å². The first kappa shape index (κ1) is 63.9. The van der Waals surface area contributed by atoms with Crippen LogP contribution >= 0.6 is 0 Å². The fourth-order valence-corrected chi connectivity index (χ4v) is 9.59. The zero-order valence-corrected chi connectivity index (χ0v) is 44.5. The normalized spacial score (nSPS) is 12.9. The van der Waals surface area contributed by atoms with Crippen molar-refractivity contribution in [1.82, 2.24) is 5.32 Å². The zero-order chi connectivity index (χ0) is 47.0. The van der Waals surface area contributed by atoms with Crippen molar-refractivity contribution in [3.05, 3.63) is 24.3 Å². The third-order valence-electron chi connectivity index (χ3n) is 14.2. The molecule has 386 valence electrons. The van der Waals surface area contributed by atoms with E-state index >= 15 is 0 Å². The fraction of sp³-hybridized carbons (Fsp3) is 0.918. The number of carbonyl (C=O) groups is 1. The van der Waals surface area contributed by atoms with E-state index in [0.29, 0.717) is 6.42 Å². The summed E-state index contributed by atoms with van der Waals surface area (Å²) in [4.78, 5) is 12.4. The van der Waals surface area contributed by atoms with Crippen LogP contribution in [-0.4, -0.2) is 34.9 Å². The van der Waals surface area contributed by atoms with E-state index < -0.39 is 12.1 Å². The summed E-state index contributed by atoms with van der Waals surface area (Å²) < 4.78 is 0. The number of unbranched alkanes of at least 4 members (excludes halogenated alkanes) is 47. The smallest absolute Gasteiger partial charge is 0.220 e. The van der Waals surface area contributed by atoms with Gasteiger partial charge in [-0.25, -0.2) is 0 Å². The first-order chi connectivity index (χ1) is 32.2. The lowest BCUT2D eigenvalue weighted by molar-refractivity contribution is -0.123. The Bertz CT molecular complexity index is 947. The number of nitrogens with one attached hydrogen (secondary N) is 1. The Kier molecular flexibility index (Phi) is 56.2. The monoisotopic (exact) mass is 914 g/mol. The van der Waals surface area contributed by atoms with Crippen LogP contribution in [0.2, 0.25) is 0 Å². The number of hydrogen-bond acceptors (Lipinski definition) is 3. The van der Waals surface area contributed by atoms with Gasteiger partial charge in [0.05, 0.1) is 18.8 Å². The van der Waals surface area contributed by atoms with Crippen molar-refractivity contribution in [1.29, 1.82) is 0 Å². The number of aliphatic hydroxyl groups is 2.